The van der Waals surface area contributed by atoms with Crippen LogP contribution in [-0.2, 0) is 11.3 Å². The Morgan fingerprint density at radius 2 is 2.04 bits per heavy atom. The Morgan fingerprint density at radius 3 is 2.58 bits per heavy atom. The van der Waals surface area contributed by atoms with E-state index in [1.54, 1.807) is 0 Å². The number of nitrogens with two attached hydrogens (primary N) is 1. The number of halogens is 2. The Kier molecular flexibility index (Phi) is 11.0. The Hall–Kier alpha value is -1.04. The number of amides is 1. The number of rotatable bonds is 6. The molecule has 0 spiro atoms. The van der Waals surface area contributed by atoms with Gasteiger partial charge in [-0.2, -0.15) is 0 Å². The van der Waals surface area contributed by atoms with Crippen molar-refractivity contribution in [2.75, 3.05) is 18.0 Å². The second-order valence-corrected chi connectivity index (χ2v) is 6.49. The van der Waals surface area contributed by atoms with Gasteiger partial charge in [-0.25, -0.2) is 4.98 Å². The third kappa shape index (κ3) is 7.69. The predicted octanol–water partition coefficient (Wildman–Crippen LogP) is 2.91. The minimum Gasteiger partial charge on any atom is -0.357 e. The highest BCUT2D eigenvalue weighted by molar-refractivity contribution is 5.85. The highest BCUT2D eigenvalue weighted by atomic mass is 35.5. The molecule has 1 saturated heterocycles. The van der Waals surface area contributed by atoms with Gasteiger partial charge in [-0.3, -0.25) is 4.79 Å². The molecular weight excluding hydrogens is 347 g/mol. The van der Waals surface area contributed by atoms with E-state index in [9.17, 15) is 4.79 Å². The molecule has 0 aromatic carbocycles. The Labute approximate surface area is 157 Å². The number of hydrogen-bond acceptors (Lipinski definition) is 4. The first kappa shape index (κ1) is 23.0. The first-order valence-corrected chi connectivity index (χ1v) is 8.26. The van der Waals surface area contributed by atoms with Gasteiger partial charge in [0.15, 0.2) is 0 Å². The molecule has 1 fully saturated rings. The molecule has 1 atom stereocenters. The summed E-state index contributed by atoms with van der Waals surface area (Å²) in [7, 11) is 0. The quantitative estimate of drug-likeness (QED) is 0.800. The molecule has 138 valence electrons. The van der Waals surface area contributed by atoms with Gasteiger partial charge < -0.3 is 16.0 Å². The van der Waals surface area contributed by atoms with Crippen molar-refractivity contribution >= 4 is 36.5 Å². The molecule has 7 heteroatoms. The van der Waals surface area contributed by atoms with Gasteiger partial charge in [-0.15, -0.1) is 24.8 Å². The van der Waals surface area contributed by atoms with Crippen molar-refractivity contribution in [2.45, 2.75) is 52.1 Å². The molecule has 0 radical (unpaired) electrons. The predicted molar refractivity (Wildman–Crippen MR) is 104 cm³/mol. The van der Waals surface area contributed by atoms with E-state index in [0.717, 1.165) is 36.8 Å². The summed E-state index contributed by atoms with van der Waals surface area (Å²) in [5, 5.41) is 2.91. The van der Waals surface area contributed by atoms with E-state index in [1.807, 2.05) is 19.2 Å². The van der Waals surface area contributed by atoms with Crippen LogP contribution in [0.5, 0.6) is 0 Å². The van der Waals surface area contributed by atoms with Crippen molar-refractivity contribution in [3.05, 3.63) is 23.9 Å². The Morgan fingerprint density at radius 1 is 1.38 bits per heavy atom. The largest absolute Gasteiger partial charge is 0.357 e. The van der Waals surface area contributed by atoms with Crippen molar-refractivity contribution in [1.82, 2.24) is 10.3 Å². The molecule has 0 bridgehead atoms. The lowest BCUT2D eigenvalue weighted by molar-refractivity contribution is -0.121. The van der Waals surface area contributed by atoms with Crippen LogP contribution < -0.4 is 16.0 Å². The van der Waals surface area contributed by atoms with E-state index >= 15 is 0 Å². The number of nitrogens with one attached hydrogen (secondary N) is 1. The molecule has 1 aliphatic rings. The molecule has 1 aromatic heterocycles. The number of anilines is 1. The first-order valence-electron chi connectivity index (χ1n) is 8.26. The number of carbonyl (C=O) groups excluding carboxylic acids is 1. The van der Waals surface area contributed by atoms with Crippen LogP contribution in [0.25, 0.3) is 0 Å². The average Bonchev–Trinajstić information content (AvgIpc) is 2.52. The molecular formula is C17H30Cl2N4O. The van der Waals surface area contributed by atoms with Crippen molar-refractivity contribution < 1.29 is 4.79 Å². The molecule has 1 aromatic rings. The summed E-state index contributed by atoms with van der Waals surface area (Å²) < 4.78 is 0. The summed E-state index contributed by atoms with van der Waals surface area (Å²) >= 11 is 0. The maximum Gasteiger partial charge on any atom is 0.220 e. The van der Waals surface area contributed by atoms with Gasteiger partial charge in [0.05, 0.1) is 0 Å². The lowest BCUT2D eigenvalue weighted by atomic mass is 9.99. The molecule has 0 saturated carbocycles. The van der Waals surface area contributed by atoms with E-state index < -0.39 is 0 Å². The number of pyridine rings is 1. The number of carbonyl (C=O) groups is 1. The minimum absolute atomic E-state index is 0. The third-order valence-electron chi connectivity index (χ3n) is 4.23. The zero-order valence-corrected chi connectivity index (χ0v) is 16.2. The van der Waals surface area contributed by atoms with Gasteiger partial charge in [0.1, 0.15) is 5.82 Å². The fourth-order valence-electron chi connectivity index (χ4n) is 2.59. The fourth-order valence-corrected chi connectivity index (χ4v) is 2.59. The van der Waals surface area contributed by atoms with E-state index in [4.69, 9.17) is 5.73 Å². The summed E-state index contributed by atoms with van der Waals surface area (Å²) in [4.78, 5) is 18.5. The van der Waals surface area contributed by atoms with Crippen LogP contribution in [0.4, 0.5) is 5.82 Å². The van der Waals surface area contributed by atoms with E-state index in [-0.39, 0.29) is 36.8 Å². The summed E-state index contributed by atoms with van der Waals surface area (Å²) in [6, 6.07) is 4.17. The topological polar surface area (TPSA) is 71.2 Å². The van der Waals surface area contributed by atoms with E-state index in [1.165, 1.54) is 12.8 Å². The van der Waals surface area contributed by atoms with Gasteiger partial charge in [0, 0.05) is 38.3 Å². The Balaban J connectivity index is 0.00000264. The minimum atomic E-state index is 0. The van der Waals surface area contributed by atoms with Crippen molar-refractivity contribution in [2.24, 2.45) is 11.7 Å². The molecule has 3 N–H and O–H groups in total. The SMILES string of the molecule is CC(N)CCC(=O)NCc1ccc(N2CCC(C)CC2)nc1.Cl.Cl. The van der Waals surface area contributed by atoms with Gasteiger partial charge in [0.25, 0.3) is 0 Å². The highest BCUT2D eigenvalue weighted by Crippen LogP contribution is 2.21. The maximum atomic E-state index is 11.7. The summed E-state index contributed by atoms with van der Waals surface area (Å²) in [6.45, 7) is 6.92. The molecule has 1 amide bonds. The summed E-state index contributed by atoms with van der Waals surface area (Å²) in [5.41, 5.74) is 6.68. The number of hydrogen-bond donors (Lipinski definition) is 2. The number of nitrogens with zero attached hydrogens (tertiary/aromatic N) is 2. The standard InChI is InChI=1S/C17H28N4O.2ClH/c1-13-7-9-21(10-8-13)16-5-4-15(11-19-16)12-20-17(22)6-3-14(2)18;;/h4-5,11,13-14H,3,6-10,12,18H2,1-2H3,(H,20,22);2*1H. The number of piperidine rings is 1. The summed E-state index contributed by atoms with van der Waals surface area (Å²) in [6.07, 6.45) is 5.53. The first-order chi connectivity index (χ1) is 10.5. The van der Waals surface area contributed by atoms with Crippen LogP contribution >= 0.6 is 24.8 Å². The van der Waals surface area contributed by atoms with Gasteiger partial charge in [-0.05, 0) is 43.7 Å². The zero-order chi connectivity index (χ0) is 15.9. The van der Waals surface area contributed by atoms with Crippen molar-refractivity contribution in [1.29, 1.82) is 0 Å². The smallest absolute Gasteiger partial charge is 0.220 e. The van der Waals surface area contributed by atoms with Crippen LogP contribution in [0.1, 0.15) is 45.1 Å². The lowest BCUT2D eigenvalue weighted by Gasteiger charge is -2.31. The average molecular weight is 377 g/mol. The molecule has 2 rings (SSSR count). The molecule has 24 heavy (non-hydrogen) atoms. The van der Waals surface area contributed by atoms with Crippen molar-refractivity contribution in [3.8, 4) is 0 Å². The number of aromatic nitrogens is 1. The molecule has 0 aliphatic carbocycles. The summed E-state index contributed by atoms with van der Waals surface area (Å²) in [5.74, 6) is 1.91. The van der Waals surface area contributed by atoms with Crippen LogP contribution in [0.15, 0.2) is 18.3 Å². The Bertz CT molecular complexity index is 474. The zero-order valence-electron chi connectivity index (χ0n) is 14.5. The molecule has 2 heterocycles. The van der Waals surface area contributed by atoms with Crippen LogP contribution in [0.3, 0.4) is 0 Å². The fraction of sp³-hybridized carbons (Fsp3) is 0.647. The maximum absolute atomic E-state index is 11.7. The monoisotopic (exact) mass is 376 g/mol. The van der Waals surface area contributed by atoms with Gasteiger partial charge in [0.2, 0.25) is 5.91 Å². The normalized spacial score (nSPS) is 15.9. The van der Waals surface area contributed by atoms with E-state index in [0.29, 0.717) is 13.0 Å². The molecule has 1 aliphatic heterocycles. The van der Waals surface area contributed by atoms with E-state index in [2.05, 4.69) is 28.2 Å². The van der Waals surface area contributed by atoms with Gasteiger partial charge >= 0.3 is 0 Å². The van der Waals surface area contributed by atoms with Crippen molar-refractivity contribution in [3.63, 3.8) is 0 Å². The highest BCUT2D eigenvalue weighted by Gasteiger charge is 2.16. The molecule has 1 unspecified atom stereocenters. The van der Waals surface area contributed by atoms with Gasteiger partial charge in [-0.1, -0.05) is 13.0 Å². The second-order valence-electron chi connectivity index (χ2n) is 6.49. The molecule has 5 nitrogen and oxygen atoms in total. The van der Waals surface area contributed by atoms with Crippen LogP contribution in [0.2, 0.25) is 0 Å². The third-order valence-corrected chi connectivity index (χ3v) is 4.23. The van der Waals surface area contributed by atoms with Crippen LogP contribution in [0, 0.1) is 5.92 Å². The second kappa shape index (κ2) is 11.5. The van der Waals surface area contributed by atoms with Crippen LogP contribution in [-0.4, -0.2) is 30.0 Å². The lowest BCUT2D eigenvalue weighted by Crippen LogP contribution is -2.33.